The molecular weight excluding hydrogens is 330 g/mol. The Balaban J connectivity index is 1.58. The maximum Gasteiger partial charge on any atom is 0.267 e. The largest absolute Gasteiger partial charge is 0.379 e. The number of aromatic nitrogens is 3. The minimum atomic E-state index is -0.950. The first kappa shape index (κ1) is 16.3. The van der Waals surface area contributed by atoms with E-state index in [4.69, 9.17) is 4.84 Å². The zero-order valence-electron chi connectivity index (χ0n) is 14.6. The second-order valence-electron chi connectivity index (χ2n) is 6.60. The van der Waals surface area contributed by atoms with Crippen molar-refractivity contribution in [3.8, 4) is 5.82 Å². The zero-order chi connectivity index (χ0) is 18.1. The molecule has 4 rings (SSSR count). The average molecular weight is 349 g/mol. The van der Waals surface area contributed by atoms with Crippen molar-refractivity contribution in [3.05, 3.63) is 54.5 Å². The van der Waals surface area contributed by atoms with Crippen LogP contribution in [0.5, 0.6) is 0 Å². The predicted molar refractivity (Wildman–Crippen MR) is 97.9 cm³/mol. The molecule has 1 N–H and O–H groups in total. The van der Waals surface area contributed by atoms with Gasteiger partial charge >= 0.3 is 0 Å². The monoisotopic (exact) mass is 349 g/mol. The molecule has 26 heavy (non-hydrogen) atoms. The Labute approximate surface area is 150 Å². The molecule has 0 saturated heterocycles. The van der Waals surface area contributed by atoms with Crippen molar-refractivity contribution < 1.29 is 9.63 Å². The summed E-state index contributed by atoms with van der Waals surface area (Å²) in [5.74, 6) is 0.551. The van der Waals surface area contributed by atoms with E-state index in [0.717, 1.165) is 28.1 Å². The zero-order valence-corrected chi connectivity index (χ0v) is 14.6. The van der Waals surface area contributed by atoms with Gasteiger partial charge < -0.3 is 10.2 Å². The molecule has 1 unspecified atom stereocenters. The van der Waals surface area contributed by atoms with Crippen LogP contribution in [-0.2, 0) is 16.2 Å². The van der Waals surface area contributed by atoms with Crippen molar-refractivity contribution in [1.82, 2.24) is 19.9 Å². The molecule has 1 atom stereocenters. The molecule has 3 heterocycles. The van der Waals surface area contributed by atoms with E-state index in [9.17, 15) is 4.79 Å². The number of pyridine rings is 1. The summed E-state index contributed by atoms with van der Waals surface area (Å²) in [6.07, 6.45) is 3.97. The molecule has 0 fully saturated rings. The van der Waals surface area contributed by atoms with Gasteiger partial charge in [-0.15, -0.1) is 0 Å². The number of carbonyl (C=O) groups excluding carboxylic acids is 1. The van der Waals surface area contributed by atoms with Gasteiger partial charge in [-0.1, -0.05) is 23.4 Å². The number of nitrogens with zero attached hydrogens (tertiary/aromatic N) is 4. The molecule has 0 saturated carbocycles. The van der Waals surface area contributed by atoms with Crippen LogP contribution >= 0.6 is 0 Å². The summed E-state index contributed by atoms with van der Waals surface area (Å²) in [5, 5.41) is 6.83. The van der Waals surface area contributed by atoms with Crippen molar-refractivity contribution >= 4 is 22.7 Å². The highest BCUT2D eigenvalue weighted by atomic mass is 16.7. The first-order valence-electron chi connectivity index (χ1n) is 8.43. The van der Waals surface area contributed by atoms with E-state index in [1.165, 1.54) is 0 Å². The molecule has 0 aliphatic carbocycles. The van der Waals surface area contributed by atoms with E-state index in [0.29, 0.717) is 13.0 Å². The fourth-order valence-corrected chi connectivity index (χ4v) is 3.13. The fraction of sp³-hybridized carbons (Fsp3) is 0.263. The molecule has 1 aliphatic rings. The van der Waals surface area contributed by atoms with Crippen molar-refractivity contribution in [3.63, 3.8) is 0 Å². The van der Waals surface area contributed by atoms with E-state index in [-0.39, 0.29) is 5.91 Å². The van der Waals surface area contributed by atoms with E-state index in [1.54, 1.807) is 19.4 Å². The molecule has 7 nitrogen and oxygen atoms in total. The third kappa shape index (κ3) is 2.81. The highest BCUT2D eigenvalue weighted by Gasteiger charge is 2.40. The lowest BCUT2D eigenvalue weighted by molar-refractivity contribution is -0.141. The SMILES string of the molecule is CC1=NOC(C)(C(=O)NCc2cccnc2-n2cnc3ccccc32)C1. The van der Waals surface area contributed by atoms with Crippen LogP contribution in [0.4, 0.5) is 0 Å². The van der Waals surface area contributed by atoms with Gasteiger partial charge in [0.05, 0.1) is 16.7 Å². The minimum absolute atomic E-state index is 0.191. The Kier molecular flexibility index (Phi) is 3.91. The van der Waals surface area contributed by atoms with Gasteiger partial charge in [0.2, 0.25) is 5.60 Å². The number of fused-ring (bicyclic) bond motifs is 1. The second kappa shape index (κ2) is 6.25. The number of rotatable bonds is 4. The number of imidazole rings is 1. The smallest absolute Gasteiger partial charge is 0.267 e. The Hall–Kier alpha value is -3.22. The van der Waals surface area contributed by atoms with Gasteiger partial charge in [0.15, 0.2) is 0 Å². The lowest BCUT2D eigenvalue weighted by atomic mass is 9.99. The molecule has 132 valence electrons. The summed E-state index contributed by atoms with van der Waals surface area (Å²) in [7, 11) is 0. The summed E-state index contributed by atoms with van der Waals surface area (Å²) in [4.78, 5) is 26.8. The summed E-state index contributed by atoms with van der Waals surface area (Å²) < 4.78 is 1.93. The van der Waals surface area contributed by atoms with Gasteiger partial charge in [0, 0.05) is 24.7 Å². The summed E-state index contributed by atoms with van der Waals surface area (Å²) in [6, 6.07) is 11.7. The van der Waals surface area contributed by atoms with Gasteiger partial charge in [-0.2, -0.15) is 0 Å². The molecule has 1 aromatic carbocycles. The normalized spacial score (nSPS) is 19.2. The van der Waals surface area contributed by atoms with Crippen LogP contribution in [0.15, 0.2) is 54.1 Å². The second-order valence-corrected chi connectivity index (χ2v) is 6.60. The van der Waals surface area contributed by atoms with Crippen molar-refractivity contribution in [2.45, 2.75) is 32.4 Å². The van der Waals surface area contributed by atoms with Crippen molar-refractivity contribution in [2.75, 3.05) is 0 Å². The summed E-state index contributed by atoms with van der Waals surface area (Å²) in [5.41, 5.74) is 2.62. The van der Waals surface area contributed by atoms with Gasteiger partial charge in [-0.3, -0.25) is 9.36 Å². The highest BCUT2D eigenvalue weighted by Crippen LogP contribution is 2.24. The van der Waals surface area contributed by atoms with Crippen LogP contribution in [0, 0.1) is 0 Å². The van der Waals surface area contributed by atoms with Gasteiger partial charge in [0.25, 0.3) is 5.91 Å². The number of amides is 1. The van der Waals surface area contributed by atoms with Crippen LogP contribution in [-0.4, -0.2) is 31.8 Å². The van der Waals surface area contributed by atoms with Crippen LogP contribution < -0.4 is 5.32 Å². The first-order chi connectivity index (χ1) is 12.6. The number of para-hydroxylation sites is 2. The average Bonchev–Trinajstić information content (AvgIpc) is 3.24. The van der Waals surface area contributed by atoms with E-state index in [1.807, 2.05) is 47.9 Å². The lowest BCUT2D eigenvalue weighted by Crippen LogP contribution is -2.44. The van der Waals surface area contributed by atoms with Crippen LogP contribution in [0.25, 0.3) is 16.9 Å². The van der Waals surface area contributed by atoms with E-state index < -0.39 is 5.60 Å². The van der Waals surface area contributed by atoms with E-state index >= 15 is 0 Å². The lowest BCUT2D eigenvalue weighted by Gasteiger charge is -2.20. The molecule has 7 heteroatoms. The maximum absolute atomic E-state index is 12.5. The third-order valence-corrected chi connectivity index (χ3v) is 4.47. The number of hydrogen-bond acceptors (Lipinski definition) is 5. The Morgan fingerprint density at radius 3 is 2.92 bits per heavy atom. The van der Waals surface area contributed by atoms with Crippen molar-refractivity contribution in [1.29, 1.82) is 0 Å². The quantitative estimate of drug-likeness (QED) is 0.785. The molecule has 2 aromatic heterocycles. The Morgan fingerprint density at radius 2 is 2.12 bits per heavy atom. The van der Waals surface area contributed by atoms with Gasteiger partial charge in [0.1, 0.15) is 12.1 Å². The van der Waals surface area contributed by atoms with Gasteiger partial charge in [-0.05, 0) is 32.0 Å². The third-order valence-electron chi connectivity index (χ3n) is 4.47. The summed E-state index contributed by atoms with van der Waals surface area (Å²) in [6.45, 7) is 3.93. The molecular formula is C19H19N5O2. The number of nitrogens with one attached hydrogen (secondary N) is 1. The molecule has 0 spiro atoms. The molecule has 0 radical (unpaired) electrons. The topological polar surface area (TPSA) is 81.4 Å². The summed E-state index contributed by atoms with van der Waals surface area (Å²) >= 11 is 0. The molecule has 0 bridgehead atoms. The van der Waals surface area contributed by atoms with Crippen LogP contribution in [0.2, 0.25) is 0 Å². The standard InChI is InChI=1S/C19H19N5O2/c1-13-10-19(2,26-23-13)18(25)21-11-14-6-5-9-20-17(14)24-12-22-15-7-3-4-8-16(15)24/h3-9,12H,10-11H2,1-2H3,(H,21,25). The van der Waals surface area contributed by atoms with Crippen LogP contribution in [0.3, 0.4) is 0 Å². The number of hydrogen-bond donors (Lipinski definition) is 1. The number of benzene rings is 1. The molecule has 1 aliphatic heterocycles. The van der Waals surface area contributed by atoms with Gasteiger partial charge in [-0.25, -0.2) is 9.97 Å². The minimum Gasteiger partial charge on any atom is -0.379 e. The Morgan fingerprint density at radius 1 is 1.27 bits per heavy atom. The van der Waals surface area contributed by atoms with E-state index in [2.05, 4.69) is 20.4 Å². The fourth-order valence-electron chi connectivity index (χ4n) is 3.13. The maximum atomic E-state index is 12.5. The van der Waals surface area contributed by atoms with Crippen LogP contribution in [0.1, 0.15) is 25.8 Å². The predicted octanol–water partition coefficient (Wildman–Crippen LogP) is 2.59. The Bertz CT molecular complexity index is 1010. The number of carbonyl (C=O) groups is 1. The molecule has 1 amide bonds. The van der Waals surface area contributed by atoms with Crippen molar-refractivity contribution in [2.24, 2.45) is 5.16 Å². The molecule has 3 aromatic rings. The highest BCUT2D eigenvalue weighted by molar-refractivity contribution is 5.94. The first-order valence-corrected chi connectivity index (χ1v) is 8.43. The number of oxime groups is 1.